The zero-order valence-electron chi connectivity index (χ0n) is 8.12. The molecule has 1 aromatic heterocycles. The van der Waals surface area contributed by atoms with E-state index in [1.165, 1.54) is 0 Å². The number of aryl methyl sites for hydroxylation is 1. The molecule has 1 unspecified atom stereocenters. The molecule has 0 spiro atoms. The number of hydrogen-bond acceptors (Lipinski definition) is 4. The maximum absolute atomic E-state index is 9.83. The zero-order valence-corrected chi connectivity index (χ0v) is 8.12. The number of aliphatic hydroxyl groups excluding tert-OH is 1. The van der Waals surface area contributed by atoms with Crippen molar-refractivity contribution in [2.24, 2.45) is 0 Å². The van der Waals surface area contributed by atoms with Gasteiger partial charge in [-0.2, -0.15) is 0 Å². The molecule has 1 aliphatic rings. The summed E-state index contributed by atoms with van der Waals surface area (Å²) in [6.45, 7) is 2.66. The summed E-state index contributed by atoms with van der Waals surface area (Å²) in [6, 6.07) is 0.179. The van der Waals surface area contributed by atoms with Crippen molar-refractivity contribution in [3.63, 3.8) is 0 Å². The molecule has 0 bridgehead atoms. The second kappa shape index (κ2) is 3.55. The molecule has 0 saturated carbocycles. The number of hydrogen-bond donors (Lipinski definition) is 3. The third kappa shape index (κ3) is 1.36. The van der Waals surface area contributed by atoms with Gasteiger partial charge in [0.15, 0.2) is 0 Å². The Kier molecular flexibility index (Phi) is 2.39. The van der Waals surface area contributed by atoms with Crippen molar-refractivity contribution in [2.75, 3.05) is 6.54 Å². The van der Waals surface area contributed by atoms with Gasteiger partial charge in [0.1, 0.15) is 5.75 Å². The second-order valence-corrected chi connectivity index (χ2v) is 3.58. The molecule has 3 N–H and O–H groups in total. The van der Waals surface area contributed by atoms with Crippen LogP contribution in [0.3, 0.4) is 0 Å². The minimum absolute atomic E-state index is 0.0750. The van der Waals surface area contributed by atoms with Gasteiger partial charge in [-0.1, -0.05) is 0 Å². The van der Waals surface area contributed by atoms with E-state index in [0.717, 1.165) is 18.5 Å². The van der Waals surface area contributed by atoms with Crippen LogP contribution in [-0.4, -0.2) is 21.7 Å². The van der Waals surface area contributed by atoms with Crippen LogP contribution in [0, 0.1) is 6.92 Å². The topological polar surface area (TPSA) is 65.4 Å². The molecule has 1 fully saturated rings. The molecular formula is C10H14N2O2. The van der Waals surface area contributed by atoms with E-state index in [1.54, 1.807) is 13.1 Å². The fourth-order valence-corrected chi connectivity index (χ4v) is 1.70. The Labute approximate surface area is 82.6 Å². The molecule has 2 heterocycles. The lowest BCUT2D eigenvalue weighted by molar-refractivity contribution is 0.272. The van der Waals surface area contributed by atoms with Gasteiger partial charge in [-0.15, -0.1) is 0 Å². The summed E-state index contributed by atoms with van der Waals surface area (Å²) in [7, 11) is 0. The van der Waals surface area contributed by atoms with E-state index in [9.17, 15) is 5.11 Å². The Morgan fingerprint density at radius 2 is 2.36 bits per heavy atom. The number of aromatic hydroxyl groups is 1. The van der Waals surface area contributed by atoms with Gasteiger partial charge < -0.3 is 15.5 Å². The Bertz CT molecular complexity index is 348. The van der Waals surface area contributed by atoms with Gasteiger partial charge in [0.05, 0.1) is 12.3 Å². The highest BCUT2D eigenvalue weighted by Gasteiger charge is 2.25. The summed E-state index contributed by atoms with van der Waals surface area (Å²) < 4.78 is 0. The van der Waals surface area contributed by atoms with Gasteiger partial charge >= 0.3 is 0 Å². The molecule has 14 heavy (non-hydrogen) atoms. The fourth-order valence-electron chi connectivity index (χ4n) is 1.70. The van der Waals surface area contributed by atoms with E-state index < -0.39 is 0 Å². The maximum atomic E-state index is 9.83. The van der Waals surface area contributed by atoms with Crippen LogP contribution in [0.2, 0.25) is 0 Å². The van der Waals surface area contributed by atoms with Crippen LogP contribution < -0.4 is 5.32 Å². The summed E-state index contributed by atoms with van der Waals surface area (Å²) in [6.07, 6.45) is 2.63. The Morgan fingerprint density at radius 3 is 2.86 bits per heavy atom. The van der Waals surface area contributed by atoms with Crippen LogP contribution in [-0.2, 0) is 6.61 Å². The third-order valence-corrected chi connectivity index (χ3v) is 2.70. The van der Waals surface area contributed by atoms with E-state index >= 15 is 0 Å². The van der Waals surface area contributed by atoms with E-state index in [4.69, 9.17) is 5.11 Å². The van der Waals surface area contributed by atoms with Crippen molar-refractivity contribution < 1.29 is 10.2 Å². The molecule has 1 aliphatic heterocycles. The number of nitrogens with zero attached hydrogens (tertiary/aromatic N) is 1. The summed E-state index contributed by atoms with van der Waals surface area (Å²) in [5.74, 6) is 0.216. The van der Waals surface area contributed by atoms with Gasteiger partial charge in [-0.05, 0) is 19.9 Å². The van der Waals surface area contributed by atoms with Gasteiger partial charge in [0, 0.05) is 23.4 Å². The second-order valence-electron chi connectivity index (χ2n) is 3.58. The number of rotatable bonds is 2. The summed E-state index contributed by atoms with van der Waals surface area (Å²) in [5.41, 5.74) is 2.14. The van der Waals surface area contributed by atoms with Crippen LogP contribution >= 0.6 is 0 Å². The van der Waals surface area contributed by atoms with E-state index in [1.807, 2.05) is 0 Å². The SMILES string of the molecule is Cc1ncc(CO)c(C2CCN2)c1O. The molecule has 0 aromatic carbocycles. The van der Waals surface area contributed by atoms with Crippen molar-refractivity contribution in [3.05, 3.63) is 23.0 Å². The molecule has 1 saturated heterocycles. The molecule has 4 heteroatoms. The molecule has 1 aromatic rings. The minimum Gasteiger partial charge on any atom is -0.506 e. The van der Waals surface area contributed by atoms with Crippen molar-refractivity contribution in [3.8, 4) is 5.75 Å². The lowest BCUT2D eigenvalue weighted by Gasteiger charge is -2.30. The van der Waals surface area contributed by atoms with Crippen LogP contribution in [0.15, 0.2) is 6.20 Å². The highest BCUT2D eigenvalue weighted by molar-refractivity contribution is 5.43. The summed E-state index contributed by atoms with van der Waals surface area (Å²) in [4.78, 5) is 4.01. The zero-order chi connectivity index (χ0) is 10.1. The Balaban J connectivity index is 2.46. The highest BCUT2D eigenvalue weighted by atomic mass is 16.3. The van der Waals surface area contributed by atoms with Crippen LogP contribution in [0.4, 0.5) is 0 Å². The van der Waals surface area contributed by atoms with Crippen molar-refractivity contribution in [1.82, 2.24) is 10.3 Å². The third-order valence-electron chi connectivity index (χ3n) is 2.70. The highest BCUT2D eigenvalue weighted by Crippen LogP contribution is 2.34. The lowest BCUT2D eigenvalue weighted by atomic mass is 9.93. The van der Waals surface area contributed by atoms with Gasteiger partial charge in [0.2, 0.25) is 0 Å². The van der Waals surface area contributed by atoms with Gasteiger partial charge in [0.25, 0.3) is 0 Å². The number of aliphatic hydroxyl groups is 1. The van der Waals surface area contributed by atoms with Crippen molar-refractivity contribution >= 4 is 0 Å². The molecule has 4 nitrogen and oxygen atoms in total. The molecular weight excluding hydrogens is 180 g/mol. The van der Waals surface area contributed by atoms with Gasteiger partial charge in [-0.25, -0.2) is 0 Å². The monoisotopic (exact) mass is 194 g/mol. The summed E-state index contributed by atoms with van der Waals surface area (Å²) >= 11 is 0. The predicted octanol–water partition coefficient (Wildman–Crippen LogP) is 0.622. The van der Waals surface area contributed by atoms with Crippen LogP contribution in [0.5, 0.6) is 5.75 Å². The first-order chi connectivity index (χ1) is 6.74. The van der Waals surface area contributed by atoms with E-state index in [2.05, 4.69) is 10.3 Å². The van der Waals surface area contributed by atoms with Gasteiger partial charge in [-0.3, -0.25) is 4.98 Å². The molecule has 2 rings (SSSR count). The quantitative estimate of drug-likeness (QED) is 0.645. The maximum Gasteiger partial charge on any atom is 0.141 e. The molecule has 0 amide bonds. The molecule has 76 valence electrons. The average Bonchev–Trinajstić information content (AvgIpc) is 2.10. The molecule has 1 atom stereocenters. The van der Waals surface area contributed by atoms with Crippen molar-refractivity contribution in [1.29, 1.82) is 0 Å². The number of aromatic nitrogens is 1. The molecule has 0 aliphatic carbocycles. The van der Waals surface area contributed by atoms with E-state index in [0.29, 0.717) is 11.3 Å². The smallest absolute Gasteiger partial charge is 0.141 e. The largest absolute Gasteiger partial charge is 0.506 e. The lowest BCUT2D eigenvalue weighted by Crippen LogP contribution is -2.35. The van der Waals surface area contributed by atoms with Crippen LogP contribution in [0.1, 0.15) is 29.3 Å². The summed E-state index contributed by atoms with van der Waals surface area (Å²) in [5, 5.41) is 22.2. The van der Waals surface area contributed by atoms with E-state index in [-0.39, 0.29) is 18.4 Å². The van der Waals surface area contributed by atoms with Crippen LogP contribution in [0.25, 0.3) is 0 Å². The first-order valence-electron chi connectivity index (χ1n) is 4.75. The first-order valence-corrected chi connectivity index (χ1v) is 4.75. The predicted molar refractivity (Wildman–Crippen MR) is 51.9 cm³/mol. The fraction of sp³-hybridized carbons (Fsp3) is 0.500. The standard InChI is InChI=1S/C10H14N2O2/c1-6-10(14)9(8-2-3-11-8)7(5-13)4-12-6/h4,8,11,13-14H,2-3,5H2,1H3. The average molecular weight is 194 g/mol. The minimum atomic E-state index is -0.0750. The Morgan fingerprint density at radius 1 is 1.64 bits per heavy atom. The Hall–Kier alpha value is -1.13. The normalized spacial score (nSPS) is 20.6. The number of pyridine rings is 1. The van der Waals surface area contributed by atoms with Crippen molar-refractivity contribution in [2.45, 2.75) is 26.0 Å². The number of nitrogens with one attached hydrogen (secondary N) is 1. The first kappa shape index (κ1) is 9.43. The molecule has 0 radical (unpaired) electrons.